The Morgan fingerprint density at radius 2 is 1.56 bits per heavy atom. The Labute approximate surface area is 229 Å². The number of amides is 1. The van der Waals surface area contributed by atoms with Crippen LogP contribution in [0.2, 0.25) is 5.02 Å². The molecule has 8 heteroatoms. The van der Waals surface area contributed by atoms with E-state index in [2.05, 4.69) is 4.98 Å². The quantitative estimate of drug-likeness (QED) is 0.170. The van der Waals surface area contributed by atoms with Crippen molar-refractivity contribution < 1.29 is 23.8 Å². The Morgan fingerprint density at radius 3 is 2.28 bits per heavy atom. The standard InChI is InChI=1S/C31H23ClN2O5/c32-26-16-23(12-11-21(26)15-30(35)39-22-9-5-2-6-10-22)38-28-13-14-34-27-18-29(25(31(33)36)17-24(27)28)37-19-20-7-3-1-4-8-20/h1-14,16-18H,15,19H2,(H2,33,36). The van der Waals surface area contributed by atoms with Crippen LogP contribution >= 0.6 is 11.6 Å². The number of esters is 1. The molecule has 2 N–H and O–H groups in total. The summed E-state index contributed by atoms with van der Waals surface area (Å²) in [5.74, 6) is 0.623. The lowest BCUT2D eigenvalue weighted by Crippen LogP contribution is -2.13. The van der Waals surface area contributed by atoms with Gasteiger partial charge < -0.3 is 19.9 Å². The van der Waals surface area contributed by atoms with Gasteiger partial charge in [-0.25, -0.2) is 0 Å². The minimum atomic E-state index is -0.635. The number of halogens is 1. The summed E-state index contributed by atoms with van der Waals surface area (Å²) in [5, 5.41) is 0.926. The number of nitrogens with two attached hydrogens (primary N) is 1. The molecule has 0 unspecified atom stereocenters. The van der Waals surface area contributed by atoms with Crippen molar-refractivity contribution in [2.24, 2.45) is 5.73 Å². The van der Waals surface area contributed by atoms with Crippen molar-refractivity contribution in [3.8, 4) is 23.0 Å². The Bertz CT molecular complexity index is 1640. The molecular weight excluding hydrogens is 516 g/mol. The minimum Gasteiger partial charge on any atom is -0.488 e. The number of hydrogen-bond donors (Lipinski definition) is 1. The fourth-order valence-electron chi connectivity index (χ4n) is 3.96. The summed E-state index contributed by atoms with van der Waals surface area (Å²) < 4.78 is 17.4. The van der Waals surface area contributed by atoms with Gasteiger partial charge in [0.25, 0.3) is 5.91 Å². The van der Waals surface area contributed by atoms with Gasteiger partial charge in [-0.15, -0.1) is 0 Å². The number of hydrogen-bond acceptors (Lipinski definition) is 6. The van der Waals surface area contributed by atoms with Gasteiger partial charge in [0.05, 0.1) is 17.5 Å². The number of nitrogens with zero attached hydrogens (tertiary/aromatic N) is 1. The van der Waals surface area contributed by atoms with Crippen LogP contribution in [0, 0.1) is 0 Å². The summed E-state index contributed by atoms with van der Waals surface area (Å²) >= 11 is 6.46. The van der Waals surface area contributed by atoms with Gasteiger partial charge in [-0.3, -0.25) is 14.6 Å². The van der Waals surface area contributed by atoms with Crippen LogP contribution in [0.25, 0.3) is 10.9 Å². The average molecular weight is 539 g/mol. The van der Waals surface area contributed by atoms with Crippen LogP contribution in [-0.2, 0) is 17.8 Å². The van der Waals surface area contributed by atoms with Crippen LogP contribution in [0.4, 0.5) is 0 Å². The number of rotatable bonds is 9. The van der Waals surface area contributed by atoms with E-state index in [9.17, 15) is 9.59 Å². The van der Waals surface area contributed by atoms with E-state index in [0.717, 1.165) is 5.56 Å². The summed E-state index contributed by atoms with van der Waals surface area (Å²) in [6.45, 7) is 0.270. The molecule has 0 saturated carbocycles. The lowest BCUT2D eigenvalue weighted by Gasteiger charge is -2.14. The summed E-state index contributed by atoms with van der Waals surface area (Å²) in [6.07, 6.45) is 1.60. The van der Waals surface area contributed by atoms with Crippen LogP contribution in [0.15, 0.2) is 103 Å². The maximum Gasteiger partial charge on any atom is 0.315 e. The second-order valence-electron chi connectivity index (χ2n) is 8.63. The summed E-state index contributed by atoms with van der Waals surface area (Å²) in [5.41, 5.74) is 7.99. The number of para-hydroxylation sites is 1. The van der Waals surface area contributed by atoms with Crippen LogP contribution in [-0.4, -0.2) is 16.9 Å². The normalized spacial score (nSPS) is 10.7. The molecule has 1 aromatic heterocycles. The number of fused-ring (bicyclic) bond motifs is 1. The van der Waals surface area contributed by atoms with Gasteiger partial charge in [-0.05, 0) is 47.5 Å². The number of benzene rings is 4. The van der Waals surface area contributed by atoms with Crippen molar-refractivity contribution in [3.05, 3.63) is 125 Å². The van der Waals surface area contributed by atoms with E-state index in [1.54, 1.807) is 66.9 Å². The SMILES string of the molecule is NC(=O)c1cc2c(Oc3ccc(CC(=O)Oc4ccccc4)c(Cl)c3)ccnc2cc1OCc1ccccc1. The van der Waals surface area contributed by atoms with E-state index < -0.39 is 11.9 Å². The Balaban J connectivity index is 1.35. The van der Waals surface area contributed by atoms with Gasteiger partial charge in [-0.1, -0.05) is 66.2 Å². The van der Waals surface area contributed by atoms with E-state index in [4.69, 9.17) is 31.5 Å². The minimum absolute atomic E-state index is 0.0000743. The average Bonchev–Trinajstić information content (AvgIpc) is 2.94. The van der Waals surface area contributed by atoms with Crippen molar-refractivity contribution in [1.82, 2.24) is 4.98 Å². The molecule has 4 aromatic carbocycles. The van der Waals surface area contributed by atoms with E-state index in [1.807, 2.05) is 36.4 Å². The third kappa shape index (κ3) is 6.34. The molecule has 0 radical (unpaired) electrons. The van der Waals surface area contributed by atoms with Gasteiger partial charge >= 0.3 is 5.97 Å². The van der Waals surface area contributed by atoms with E-state index >= 15 is 0 Å². The van der Waals surface area contributed by atoms with E-state index in [0.29, 0.717) is 44.5 Å². The fourth-order valence-corrected chi connectivity index (χ4v) is 4.20. The molecule has 0 aliphatic heterocycles. The van der Waals surface area contributed by atoms with Crippen molar-refractivity contribution in [2.45, 2.75) is 13.0 Å². The maximum absolute atomic E-state index is 12.3. The van der Waals surface area contributed by atoms with Gasteiger partial charge in [0.1, 0.15) is 29.6 Å². The van der Waals surface area contributed by atoms with Gasteiger partial charge in [0.2, 0.25) is 0 Å². The molecule has 7 nitrogen and oxygen atoms in total. The molecule has 39 heavy (non-hydrogen) atoms. The zero-order chi connectivity index (χ0) is 27.2. The monoisotopic (exact) mass is 538 g/mol. The van der Waals surface area contributed by atoms with Gasteiger partial charge in [0, 0.05) is 22.7 Å². The molecule has 0 saturated heterocycles. The van der Waals surface area contributed by atoms with Crippen LogP contribution in [0.3, 0.4) is 0 Å². The topological polar surface area (TPSA) is 101 Å². The zero-order valence-corrected chi connectivity index (χ0v) is 21.4. The van der Waals surface area contributed by atoms with Crippen LogP contribution < -0.4 is 19.9 Å². The third-order valence-corrected chi connectivity index (χ3v) is 6.22. The number of aromatic nitrogens is 1. The van der Waals surface area contributed by atoms with Crippen molar-refractivity contribution in [2.75, 3.05) is 0 Å². The number of carbonyl (C=O) groups excluding carboxylic acids is 2. The van der Waals surface area contributed by atoms with Crippen molar-refractivity contribution in [3.63, 3.8) is 0 Å². The number of carbonyl (C=O) groups is 2. The number of primary amides is 1. The smallest absolute Gasteiger partial charge is 0.315 e. The first-order chi connectivity index (χ1) is 19.0. The molecule has 0 atom stereocenters. The molecule has 0 spiro atoms. The molecule has 0 fully saturated rings. The van der Waals surface area contributed by atoms with Crippen LogP contribution in [0.5, 0.6) is 23.0 Å². The predicted octanol–water partition coefficient (Wildman–Crippen LogP) is 6.51. The summed E-state index contributed by atoms with van der Waals surface area (Å²) in [7, 11) is 0. The summed E-state index contributed by atoms with van der Waals surface area (Å²) in [6, 6.07) is 28.4. The molecule has 5 rings (SSSR count). The largest absolute Gasteiger partial charge is 0.488 e. The molecule has 0 bridgehead atoms. The molecule has 1 heterocycles. The second-order valence-corrected chi connectivity index (χ2v) is 9.04. The summed E-state index contributed by atoms with van der Waals surface area (Å²) in [4.78, 5) is 29.0. The highest BCUT2D eigenvalue weighted by Gasteiger charge is 2.16. The fraction of sp³-hybridized carbons (Fsp3) is 0.0645. The first-order valence-corrected chi connectivity index (χ1v) is 12.5. The van der Waals surface area contributed by atoms with E-state index in [1.165, 1.54) is 0 Å². The van der Waals surface area contributed by atoms with Crippen molar-refractivity contribution in [1.29, 1.82) is 0 Å². The lowest BCUT2D eigenvalue weighted by atomic mass is 10.1. The highest BCUT2D eigenvalue weighted by atomic mass is 35.5. The van der Waals surface area contributed by atoms with Gasteiger partial charge in [-0.2, -0.15) is 0 Å². The third-order valence-electron chi connectivity index (χ3n) is 5.87. The molecule has 1 amide bonds. The highest BCUT2D eigenvalue weighted by Crippen LogP contribution is 2.35. The first-order valence-electron chi connectivity index (χ1n) is 12.1. The Kier molecular flexibility index (Phi) is 7.70. The molecular formula is C31H23ClN2O5. The molecule has 0 aliphatic carbocycles. The molecule has 0 aliphatic rings. The highest BCUT2D eigenvalue weighted by molar-refractivity contribution is 6.31. The molecule has 5 aromatic rings. The molecule has 194 valence electrons. The lowest BCUT2D eigenvalue weighted by molar-refractivity contribution is -0.133. The Hall–Kier alpha value is -4.88. The first kappa shape index (κ1) is 25.8. The van der Waals surface area contributed by atoms with Crippen LogP contribution in [0.1, 0.15) is 21.5 Å². The van der Waals surface area contributed by atoms with Crippen molar-refractivity contribution >= 4 is 34.4 Å². The second kappa shape index (κ2) is 11.7. The zero-order valence-electron chi connectivity index (χ0n) is 20.7. The maximum atomic E-state index is 12.3. The predicted molar refractivity (Wildman–Crippen MR) is 148 cm³/mol. The van der Waals surface area contributed by atoms with Gasteiger partial charge in [0.15, 0.2) is 0 Å². The number of ether oxygens (including phenoxy) is 3. The number of pyridine rings is 1. The Morgan fingerprint density at radius 1 is 0.821 bits per heavy atom. The van der Waals surface area contributed by atoms with E-state index in [-0.39, 0.29) is 18.6 Å².